The Kier molecular flexibility index (Phi) is 2.76. The molecule has 5 heteroatoms. The normalized spacial score (nSPS) is 9.90. The maximum absolute atomic E-state index is 5.72. The summed E-state index contributed by atoms with van der Waals surface area (Å²) in [5, 5.41) is 0.582. The predicted molar refractivity (Wildman–Crippen MR) is 54.1 cm³/mol. The average molecular weight is 333 g/mol. The molecule has 1 rings (SSSR count). The number of hydrogen-bond acceptors (Lipinski definition) is 2. The first-order valence-corrected chi connectivity index (χ1v) is 4.63. The predicted octanol–water partition coefficient (Wildman–Crippen LogP) is 2.68. The summed E-state index contributed by atoms with van der Waals surface area (Å²) in [6.45, 7) is 0. The van der Waals surface area contributed by atoms with E-state index in [4.69, 9.17) is 17.3 Å². The molecule has 1 aromatic rings. The van der Waals surface area contributed by atoms with E-state index in [1.807, 2.05) is 0 Å². The van der Waals surface area contributed by atoms with E-state index in [0.29, 0.717) is 15.4 Å². The molecule has 0 unspecified atom stereocenters. The van der Waals surface area contributed by atoms with Crippen molar-refractivity contribution in [1.29, 1.82) is 0 Å². The summed E-state index contributed by atoms with van der Waals surface area (Å²) in [5.41, 5.74) is 5.48. The number of pyridine rings is 1. The van der Waals surface area contributed by atoms with Gasteiger partial charge in [-0.3, -0.25) is 0 Å². The van der Waals surface area contributed by atoms with Gasteiger partial charge in [0.05, 0.1) is 8.59 Å². The van der Waals surface area contributed by atoms with Crippen LogP contribution in [0.25, 0.3) is 0 Å². The van der Waals surface area contributed by atoms with E-state index >= 15 is 0 Å². The number of halogens is 3. The molecule has 0 spiro atoms. The van der Waals surface area contributed by atoms with E-state index in [9.17, 15) is 0 Å². The summed E-state index contributed by atoms with van der Waals surface area (Å²) in [7, 11) is 0. The molecule has 54 valence electrons. The number of rotatable bonds is 0. The van der Waals surface area contributed by atoms with Crippen LogP contribution >= 0.6 is 50.1 Å². The molecule has 0 saturated heterocycles. The molecule has 10 heavy (non-hydrogen) atoms. The van der Waals surface area contributed by atoms with Crippen molar-refractivity contribution < 1.29 is 0 Å². The first-order valence-electron chi connectivity index (χ1n) is 2.38. The summed E-state index contributed by atoms with van der Waals surface area (Å²) in [4.78, 5) is 3.93. The molecule has 0 aliphatic rings. The van der Waals surface area contributed by atoms with Crippen LogP contribution in [-0.2, 0) is 0 Å². The maximum Gasteiger partial charge on any atom is 0.138 e. The quantitative estimate of drug-likeness (QED) is 0.586. The molecule has 1 aromatic heterocycles. The number of anilines is 1. The minimum atomic E-state index is 0.497. The zero-order valence-corrected chi connectivity index (χ0v) is 9.24. The zero-order valence-electron chi connectivity index (χ0n) is 4.74. The third kappa shape index (κ3) is 1.73. The lowest BCUT2D eigenvalue weighted by Gasteiger charge is -1.98. The second kappa shape index (κ2) is 3.23. The molecule has 1 heterocycles. The fraction of sp³-hybridized carbons (Fsp3) is 0. The van der Waals surface area contributed by atoms with Gasteiger partial charge in [0.1, 0.15) is 10.4 Å². The van der Waals surface area contributed by atoms with Gasteiger partial charge >= 0.3 is 0 Å². The summed E-state index contributed by atoms with van der Waals surface area (Å²) in [5.74, 6) is 0.497. The van der Waals surface area contributed by atoms with Gasteiger partial charge in [0.25, 0.3) is 0 Å². The molecule has 0 bridgehead atoms. The van der Waals surface area contributed by atoms with Crippen LogP contribution in [0.2, 0.25) is 5.02 Å². The molecular weight excluding hydrogens is 330 g/mol. The minimum Gasteiger partial charge on any atom is -0.383 e. The fourth-order valence-electron chi connectivity index (χ4n) is 0.457. The highest BCUT2D eigenvalue weighted by atomic mass is 127. The largest absolute Gasteiger partial charge is 0.383 e. The van der Waals surface area contributed by atoms with Crippen molar-refractivity contribution in [2.45, 2.75) is 0 Å². The number of nitrogens with zero attached hydrogens (tertiary/aromatic N) is 1. The van der Waals surface area contributed by atoms with Gasteiger partial charge in [0, 0.05) is 0 Å². The molecule has 0 fully saturated rings. The SMILES string of the molecule is Nc1nc(Br)c(Cl)cc1I. The van der Waals surface area contributed by atoms with Crippen LogP contribution in [-0.4, -0.2) is 4.98 Å². The van der Waals surface area contributed by atoms with Crippen molar-refractivity contribution in [1.82, 2.24) is 4.98 Å². The Morgan fingerprint density at radius 1 is 1.70 bits per heavy atom. The number of nitrogen functional groups attached to an aromatic ring is 1. The molecule has 2 nitrogen and oxygen atoms in total. The first kappa shape index (κ1) is 8.55. The molecule has 0 saturated carbocycles. The van der Waals surface area contributed by atoms with Crippen LogP contribution < -0.4 is 5.73 Å². The summed E-state index contributed by atoms with van der Waals surface area (Å²) in [6, 6.07) is 1.76. The van der Waals surface area contributed by atoms with Crippen molar-refractivity contribution in [2.75, 3.05) is 5.73 Å². The van der Waals surface area contributed by atoms with Crippen molar-refractivity contribution >= 4 is 55.9 Å². The maximum atomic E-state index is 5.72. The lowest BCUT2D eigenvalue weighted by Crippen LogP contribution is -1.93. The van der Waals surface area contributed by atoms with Gasteiger partial charge in [0.2, 0.25) is 0 Å². The first-order chi connectivity index (χ1) is 4.61. The zero-order chi connectivity index (χ0) is 7.72. The molecule has 0 atom stereocenters. The number of hydrogen-bond donors (Lipinski definition) is 1. The molecule has 0 aliphatic carbocycles. The summed E-state index contributed by atoms with van der Waals surface area (Å²) >= 11 is 10.9. The lowest BCUT2D eigenvalue weighted by molar-refractivity contribution is 1.27. The van der Waals surface area contributed by atoms with Crippen molar-refractivity contribution in [2.24, 2.45) is 0 Å². The third-order valence-electron chi connectivity index (χ3n) is 0.914. The van der Waals surface area contributed by atoms with E-state index in [1.54, 1.807) is 6.07 Å². The van der Waals surface area contributed by atoms with Crippen LogP contribution in [0.3, 0.4) is 0 Å². The second-order valence-electron chi connectivity index (χ2n) is 1.63. The van der Waals surface area contributed by atoms with E-state index in [2.05, 4.69) is 43.5 Å². The standard InChI is InChI=1S/C5H3BrClIN2/c6-4-2(7)1-3(8)5(9)10-4/h1H,(H2,9,10). The molecule has 2 N–H and O–H groups in total. The highest BCUT2D eigenvalue weighted by Crippen LogP contribution is 2.24. The number of nitrogens with two attached hydrogens (primary N) is 1. The van der Waals surface area contributed by atoms with Crippen molar-refractivity contribution in [3.8, 4) is 0 Å². The summed E-state index contributed by atoms with van der Waals surface area (Å²) < 4.78 is 1.46. The Morgan fingerprint density at radius 3 is 2.80 bits per heavy atom. The highest BCUT2D eigenvalue weighted by Gasteiger charge is 2.02. The van der Waals surface area contributed by atoms with E-state index in [-0.39, 0.29) is 0 Å². The van der Waals surface area contributed by atoms with Crippen LogP contribution in [0.4, 0.5) is 5.82 Å². The third-order valence-corrected chi connectivity index (χ3v) is 2.90. The van der Waals surface area contributed by atoms with Crippen molar-refractivity contribution in [3.63, 3.8) is 0 Å². The van der Waals surface area contributed by atoms with E-state index in [1.165, 1.54) is 0 Å². The Hall–Kier alpha value is 0.450. The molecule has 0 amide bonds. The average Bonchev–Trinajstić information content (AvgIpc) is 1.84. The Balaban J connectivity index is 3.28. The van der Waals surface area contributed by atoms with Crippen LogP contribution in [0.1, 0.15) is 0 Å². The smallest absolute Gasteiger partial charge is 0.138 e. The van der Waals surface area contributed by atoms with Gasteiger partial charge < -0.3 is 5.73 Å². The summed E-state index contributed by atoms with van der Waals surface area (Å²) in [6.07, 6.45) is 0. The van der Waals surface area contributed by atoms with Crippen LogP contribution in [0.15, 0.2) is 10.7 Å². The van der Waals surface area contributed by atoms with Crippen LogP contribution in [0, 0.1) is 3.57 Å². The fourth-order valence-corrected chi connectivity index (χ4v) is 1.53. The topological polar surface area (TPSA) is 38.9 Å². The highest BCUT2D eigenvalue weighted by molar-refractivity contribution is 14.1. The Morgan fingerprint density at radius 2 is 2.30 bits per heavy atom. The van der Waals surface area contributed by atoms with Gasteiger partial charge in [-0.15, -0.1) is 0 Å². The monoisotopic (exact) mass is 332 g/mol. The van der Waals surface area contributed by atoms with E-state index < -0.39 is 0 Å². The molecule has 0 radical (unpaired) electrons. The van der Waals surface area contributed by atoms with Crippen LogP contribution in [0.5, 0.6) is 0 Å². The van der Waals surface area contributed by atoms with E-state index in [0.717, 1.165) is 3.57 Å². The molecule has 0 aliphatic heterocycles. The van der Waals surface area contributed by atoms with Gasteiger partial charge in [0.15, 0.2) is 0 Å². The van der Waals surface area contributed by atoms with Crippen molar-refractivity contribution in [3.05, 3.63) is 19.3 Å². The Bertz CT molecular complexity index is 216. The second-order valence-corrected chi connectivity index (χ2v) is 3.95. The van der Waals surface area contributed by atoms with Gasteiger partial charge in [-0.2, -0.15) is 0 Å². The number of aromatic nitrogens is 1. The Labute approximate surface area is 85.4 Å². The molecular formula is C5H3BrClIN2. The molecule has 0 aromatic carbocycles. The van der Waals surface area contributed by atoms with Gasteiger partial charge in [-0.25, -0.2) is 4.98 Å². The van der Waals surface area contributed by atoms with Gasteiger partial charge in [-0.05, 0) is 44.6 Å². The van der Waals surface area contributed by atoms with Gasteiger partial charge in [-0.1, -0.05) is 11.6 Å². The lowest BCUT2D eigenvalue weighted by atomic mass is 10.5. The minimum absolute atomic E-state index is 0.497.